The van der Waals surface area contributed by atoms with Gasteiger partial charge in [-0.15, -0.1) is 0 Å². The molecule has 8 heteroatoms. The molecule has 1 aliphatic carbocycles. The molecule has 0 spiro atoms. The Morgan fingerprint density at radius 2 is 1.61 bits per heavy atom. The lowest BCUT2D eigenvalue weighted by atomic mass is 10.2. The van der Waals surface area contributed by atoms with Gasteiger partial charge in [-0.05, 0) is 19.1 Å². The minimum atomic E-state index is -4.70. The summed E-state index contributed by atoms with van der Waals surface area (Å²) in [6.07, 6.45) is -0.650. The van der Waals surface area contributed by atoms with Crippen molar-refractivity contribution >= 4 is 10.0 Å². The predicted octanol–water partition coefficient (Wildman–Crippen LogP) is 2.34. The van der Waals surface area contributed by atoms with Crippen molar-refractivity contribution in [3.8, 4) is 0 Å². The lowest BCUT2D eigenvalue weighted by Crippen LogP contribution is -2.52. The summed E-state index contributed by atoms with van der Waals surface area (Å²) in [5, 5.41) is 0. The van der Waals surface area contributed by atoms with Crippen molar-refractivity contribution in [3.63, 3.8) is 0 Å². The summed E-state index contributed by atoms with van der Waals surface area (Å²) < 4.78 is 65.6. The topological polar surface area (TPSA) is 40.6 Å². The third-order valence-corrected chi connectivity index (χ3v) is 6.34. The minimum Gasteiger partial charge on any atom is -0.288 e. The molecule has 1 fully saturated rings. The molecule has 1 aromatic carbocycles. The smallest absolute Gasteiger partial charge is 0.288 e. The summed E-state index contributed by atoms with van der Waals surface area (Å²) in [7, 11) is -4.16. The molecular weight excluding hydrogens is 329 g/mol. The average Bonchev–Trinajstić information content (AvgIpc) is 3.26. The first-order valence-corrected chi connectivity index (χ1v) is 8.70. The van der Waals surface area contributed by atoms with Crippen molar-refractivity contribution in [2.75, 3.05) is 26.2 Å². The van der Waals surface area contributed by atoms with Crippen LogP contribution in [0.2, 0.25) is 0 Å². The van der Waals surface area contributed by atoms with E-state index in [1.54, 1.807) is 0 Å². The first kappa shape index (κ1) is 16.5. The van der Waals surface area contributed by atoms with Gasteiger partial charge in [-0.2, -0.15) is 17.5 Å². The third-order valence-electron chi connectivity index (χ3n) is 4.38. The van der Waals surface area contributed by atoms with E-state index in [2.05, 4.69) is 4.90 Å². The van der Waals surface area contributed by atoms with Gasteiger partial charge in [0.2, 0.25) is 10.0 Å². The highest BCUT2D eigenvalue weighted by Gasteiger charge is 2.42. The van der Waals surface area contributed by atoms with Gasteiger partial charge in [0.1, 0.15) is 0 Å². The van der Waals surface area contributed by atoms with E-state index < -0.39 is 26.7 Å². The Bertz CT molecular complexity index is 729. The maximum atomic E-state index is 13.1. The molecule has 0 aromatic heterocycles. The minimum absolute atomic E-state index is 0.0975. The SMILES string of the molecule is CC1(N2CCN(S(=O)(=O)c3ccccc3C(F)(F)F)CC2)C=C1. The van der Waals surface area contributed by atoms with Crippen molar-refractivity contribution in [1.29, 1.82) is 0 Å². The Hall–Kier alpha value is -1.38. The van der Waals surface area contributed by atoms with Gasteiger partial charge in [0.05, 0.1) is 16.0 Å². The standard InChI is InChI=1S/C15H17F3N2O2S/c1-14(6-7-14)19-8-10-20(11-9-19)23(21,22)13-5-3-2-4-12(13)15(16,17)18/h2-7H,8-11H2,1H3. The summed E-state index contributed by atoms with van der Waals surface area (Å²) in [6, 6.07) is 4.33. The second kappa shape index (κ2) is 5.32. The molecule has 1 aromatic rings. The molecule has 0 bridgehead atoms. The second-order valence-corrected chi connectivity index (χ2v) is 7.85. The lowest BCUT2D eigenvalue weighted by Gasteiger charge is -2.38. The quantitative estimate of drug-likeness (QED) is 0.789. The molecular formula is C15H17F3N2O2S. The van der Waals surface area contributed by atoms with Crippen LogP contribution in [0.3, 0.4) is 0 Å². The van der Waals surface area contributed by atoms with E-state index >= 15 is 0 Å². The highest BCUT2D eigenvalue weighted by molar-refractivity contribution is 7.89. The van der Waals surface area contributed by atoms with Crippen LogP contribution in [0.15, 0.2) is 41.3 Å². The van der Waals surface area contributed by atoms with Crippen molar-refractivity contribution < 1.29 is 21.6 Å². The number of piperazine rings is 1. The van der Waals surface area contributed by atoms with Crippen molar-refractivity contribution in [3.05, 3.63) is 42.0 Å². The van der Waals surface area contributed by atoms with Crippen LogP contribution in [-0.4, -0.2) is 49.3 Å². The Morgan fingerprint density at radius 3 is 2.13 bits per heavy atom. The number of hydrogen-bond donors (Lipinski definition) is 0. The zero-order valence-corrected chi connectivity index (χ0v) is 13.4. The number of halogens is 3. The third kappa shape index (κ3) is 3.02. The maximum absolute atomic E-state index is 13.1. The molecule has 3 rings (SSSR count). The number of hydrogen-bond acceptors (Lipinski definition) is 3. The fourth-order valence-electron chi connectivity index (χ4n) is 2.81. The van der Waals surface area contributed by atoms with E-state index in [0.717, 1.165) is 16.4 Å². The predicted molar refractivity (Wildman–Crippen MR) is 79.3 cm³/mol. The fraction of sp³-hybridized carbons (Fsp3) is 0.467. The van der Waals surface area contributed by atoms with Gasteiger partial charge in [0.25, 0.3) is 0 Å². The van der Waals surface area contributed by atoms with Crippen LogP contribution in [0.5, 0.6) is 0 Å². The normalized spacial score (nSPS) is 22.3. The van der Waals surface area contributed by atoms with Crippen LogP contribution in [0.1, 0.15) is 12.5 Å². The number of rotatable bonds is 3. The molecule has 0 unspecified atom stereocenters. The van der Waals surface area contributed by atoms with E-state index in [0.29, 0.717) is 13.1 Å². The Labute approximate surface area is 133 Å². The molecule has 4 nitrogen and oxygen atoms in total. The van der Waals surface area contributed by atoms with Crippen molar-refractivity contribution in [2.24, 2.45) is 0 Å². The molecule has 0 amide bonds. The van der Waals surface area contributed by atoms with Crippen LogP contribution in [0.4, 0.5) is 13.2 Å². The van der Waals surface area contributed by atoms with Gasteiger partial charge >= 0.3 is 6.18 Å². The monoisotopic (exact) mass is 346 g/mol. The van der Waals surface area contributed by atoms with Crippen LogP contribution < -0.4 is 0 Å². The van der Waals surface area contributed by atoms with Gasteiger partial charge in [0, 0.05) is 26.2 Å². The Kier molecular flexibility index (Phi) is 3.81. The van der Waals surface area contributed by atoms with E-state index in [4.69, 9.17) is 0 Å². The number of alkyl halides is 3. The number of sulfonamides is 1. The van der Waals surface area contributed by atoms with E-state index in [-0.39, 0.29) is 18.6 Å². The molecule has 0 N–H and O–H groups in total. The first-order valence-electron chi connectivity index (χ1n) is 7.26. The van der Waals surface area contributed by atoms with Gasteiger partial charge in [0.15, 0.2) is 0 Å². The zero-order valence-electron chi connectivity index (χ0n) is 12.5. The number of benzene rings is 1. The highest BCUT2D eigenvalue weighted by atomic mass is 32.2. The van der Waals surface area contributed by atoms with Crippen LogP contribution >= 0.6 is 0 Å². The first-order chi connectivity index (χ1) is 10.6. The molecule has 0 saturated carbocycles. The van der Waals surface area contributed by atoms with Crippen LogP contribution in [0.25, 0.3) is 0 Å². The van der Waals surface area contributed by atoms with Gasteiger partial charge < -0.3 is 0 Å². The molecule has 0 radical (unpaired) electrons. The van der Waals surface area contributed by atoms with Gasteiger partial charge in [-0.1, -0.05) is 24.3 Å². The van der Waals surface area contributed by atoms with Crippen LogP contribution in [0, 0.1) is 0 Å². The molecule has 23 heavy (non-hydrogen) atoms. The lowest BCUT2D eigenvalue weighted by molar-refractivity contribution is -0.139. The molecule has 126 valence electrons. The fourth-order valence-corrected chi connectivity index (χ4v) is 4.44. The van der Waals surface area contributed by atoms with Gasteiger partial charge in [-0.3, -0.25) is 4.90 Å². The molecule has 1 heterocycles. The number of nitrogens with zero attached hydrogens (tertiary/aromatic N) is 2. The van der Waals surface area contributed by atoms with Crippen molar-refractivity contribution in [1.82, 2.24) is 9.21 Å². The average molecular weight is 346 g/mol. The summed E-state index contributed by atoms with van der Waals surface area (Å²) in [5.74, 6) is 0. The van der Waals surface area contributed by atoms with E-state index in [1.807, 2.05) is 19.1 Å². The van der Waals surface area contributed by atoms with Crippen LogP contribution in [-0.2, 0) is 16.2 Å². The maximum Gasteiger partial charge on any atom is 0.417 e. The molecule has 0 atom stereocenters. The summed E-state index contributed by atoms with van der Waals surface area (Å²) >= 11 is 0. The summed E-state index contributed by atoms with van der Waals surface area (Å²) in [6.45, 7) is 3.39. The molecule has 1 saturated heterocycles. The molecule has 1 aliphatic heterocycles. The second-order valence-electron chi connectivity index (χ2n) is 5.94. The van der Waals surface area contributed by atoms with Crippen molar-refractivity contribution in [2.45, 2.75) is 23.5 Å². The Morgan fingerprint density at radius 1 is 1.04 bits per heavy atom. The Balaban J connectivity index is 1.83. The zero-order chi connectivity index (χ0) is 16.9. The highest BCUT2D eigenvalue weighted by Crippen LogP contribution is 2.36. The van der Waals surface area contributed by atoms with Gasteiger partial charge in [-0.25, -0.2) is 8.42 Å². The van der Waals surface area contributed by atoms with E-state index in [1.165, 1.54) is 12.1 Å². The summed E-state index contributed by atoms with van der Waals surface area (Å²) in [4.78, 5) is 1.45. The largest absolute Gasteiger partial charge is 0.417 e. The molecule has 2 aliphatic rings. The summed E-state index contributed by atoms with van der Waals surface area (Å²) in [5.41, 5.74) is -1.21. The van der Waals surface area contributed by atoms with E-state index in [9.17, 15) is 21.6 Å².